The number of ether oxygens (including phenoxy) is 1. The smallest absolute Gasteiger partial charge is 0.345 e. The van der Waals surface area contributed by atoms with Gasteiger partial charge in [0.2, 0.25) is 0 Å². The van der Waals surface area contributed by atoms with Gasteiger partial charge in [-0.25, -0.2) is 4.79 Å². The molecule has 0 amide bonds. The lowest BCUT2D eigenvalue weighted by atomic mass is 10.3. The van der Waals surface area contributed by atoms with Crippen LogP contribution in [0.3, 0.4) is 0 Å². The Balaban J connectivity index is 1.86. The zero-order valence-corrected chi connectivity index (χ0v) is 10.9. The molecule has 0 radical (unpaired) electrons. The molecule has 0 spiro atoms. The summed E-state index contributed by atoms with van der Waals surface area (Å²) in [7, 11) is -0.968. The Morgan fingerprint density at radius 2 is 2.41 bits per heavy atom. The molecular formula is C11H14O4S2. The van der Waals surface area contributed by atoms with Crippen LogP contribution < -0.4 is 0 Å². The van der Waals surface area contributed by atoms with E-state index in [2.05, 4.69) is 0 Å². The Bertz CT molecular complexity index is 421. The van der Waals surface area contributed by atoms with Crippen LogP contribution in [0.2, 0.25) is 0 Å². The number of rotatable bonds is 5. The number of carboxylic acid groups (broad SMARTS) is 1. The average Bonchev–Trinajstić information content (AvgIpc) is 2.88. The van der Waals surface area contributed by atoms with Crippen LogP contribution in [0.4, 0.5) is 0 Å². The maximum absolute atomic E-state index is 11.8. The summed E-state index contributed by atoms with van der Waals surface area (Å²) in [6, 6.07) is 3.30. The summed E-state index contributed by atoms with van der Waals surface area (Å²) in [5.41, 5.74) is 0. The van der Waals surface area contributed by atoms with E-state index in [1.165, 1.54) is 11.3 Å². The first kappa shape index (κ1) is 12.7. The molecule has 1 aliphatic rings. The van der Waals surface area contributed by atoms with Gasteiger partial charge >= 0.3 is 5.97 Å². The third kappa shape index (κ3) is 3.62. The fraction of sp³-hybridized carbons (Fsp3) is 0.545. The molecule has 1 saturated heterocycles. The van der Waals surface area contributed by atoms with Crippen LogP contribution in [0.1, 0.15) is 27.4 Å². The summed E-state index contributed by atoms with van der Waals surface area (Å²) >= 11 is 1.19. The van der Waals surface area contributed by atoms with Crippen molar-refractivity contribution in [3.05, 3.63) is 21.9 Å². The van der Waals surface area contributed by atoms with Gasteiger partial charge in [0.1, 0.15) is 4.88 Å². The number of thiophene rings is 1. The van der Waals surface area contributed by atoms with Gasteiger partial charge < -0.3 is 9.84 Å². The number of hydrogen-bond acceptors (Lipinski definition) is 4. The predicted molar refractivity (Wildman–Crippen MR) is 67.0 cm³/mol. The third-order valence-corrected chi connectivity index (χ3v) is 5.20. The van der Waals surface area contributed by atoms with E-state index in [1.54, 1.807) is 12.1 Å². The number of hydrogen-bond donors (Lipinski definition) is 1. The van der Waals surface area contributed by atoms with Crippen molar-refractivity contribution >= 4 is 28.1 Å². The van der Waals surface area contributed by atoms with Crippen molar-refractivity contribution in [3.8, 4) is 0 Å². The molecule has 1 aromatic heterocycles. The molecule has 1 aliphatic heterocycles. The number of carboxylic acids is 1. The maximum atomic E-state index is 11.8. The van der Waals surface area contributed by atoms with Gasteiger partial charge in [-0.2, -0.15) is 0 Å². The van der Waals surface area contributed by atoms with Crippen molar-refractivity contribution in [3.63, 3.8) is 0 Å². The predicted octanol–water partition coefficient (Wildman–Crippen LogP) is 1.87. The van der Waals surface area contributed by atoms with Crippen LogP contribution in [0.25, 0.3) is 0 Å². The third-order valence-electron chi connectivity index (χ3n) is 2.57. The van der Waals surface area contributed by atoms with Crippen molar-refractivity contribution in [2.45, 2.75) is 24.7 Å². The van der Waals surface area contributed by atoms with Crippen LogP contribution in [0.15, 0.2) is 12.1 Å². The van der Waals surface area contributed by atoms with Gasteiger partial charge in [-0.05, 0) is 25.0 Å². The minimum absolute atomic E-state index is 0.120. The summed E-state index contributed by atoms with van der Waals surface area (Å²) in [5.74, 6) is 0.0594. The zero-order chi connectivity index (χ0) is 12.3. The van der Waals surface area contributed by atoms with Crippen LogP contribution in [-0.2, 0) is 21.3 Å². The minimum atomic E-state index is -0.968. The van der Waals surface area contributed by atoms with Crippen molar-refractivity contribution in [2.24, 2.45) is 0 Å². The summed E-state index contributed by atoms with van der Waals surface area (Å²) in [4.78, 5) is 11.9. The van der Waals surface area contributed by atoms with Crippen molar-refractivity contribution in [1.29, 1.82) is 0 Å². The van der Waals surface area contributed by atoms with E-state index in [4.69, 9.17) is 9.84 Å². The Morgan fingerprint density at radius 3 is 3.00 bits per heavy atom. The SMILES string of the molecule is O=C(O)c1ccc(CS(=O)CC2CCCO2)s1. The lowest BCUT2D eigenvalue weighted by molar-refractivity contribution is 0.0702. The van der Waals surface area contributed by atoms with Gasteiger partial charge in [-0.3, -0.25) is 4.21 Å². The fourth-order valence-electron chi connectivity index (χ4n) is 1.77. The molecule has 2 rings (SSSR count). The van der Waals surface area contributed by atoms with Crippen LogP contribution in [0.5, 0.6) is 0 Å². The molecule has 6 heteroatoms. The second-order valence-electron chi connectivity index (χ2n) is 3.96. The first-order valence-electron chi connectivity index (χ1n) is 5.44. The zero-order valence-electron chi connectivity index (χ0n) is 9.26. The van der Waals surface area contributed by atoms with Gasteiger partial charge in [0, 0.05) is 22.3 Å². The van der Waals surface area contributed by atoms with Gasteiger partial charge in [0.15, 0.2) is 0 Å². The van der Waals surface area contributed by atoms with E-state index in [0.717, 1.165) is 24.3 Å². The quantitative estimate of drug-likeness (QED) is 0.890. The van der Waals surface area contributed by atoms with E-state index in [0.29, 0.717) is 16.4 Å². The molecule has 2 unspecified atom stereocenters. The van der Waals surface area contributed by atoms with Crippen molar-refractivity contribution < 1.29 is 18.8 Å². The molecule has 2 heterocycles. The van der Waals surface area contributed by atoms with E-state index >= 15 is 0 Å². The number of aromatic carboxylic acids is 1. The highest BCUT2D eigenvalue weighted by molar-refractivity contribution is 7.84. The summed E-state index contributed by atoms with van der Waals surface area (Å²) in [5, 5.41) is 8.78. The molecule has 0 bridgehead atoms. The maximum Gasteiger partial charge on any atom is 0.345 e. The number of carbonyl (C=O) groups is 1. The molecule has 1 N–H and O–H groups in total. The summed E-state index contributed by atoms with van der Waals surface area (Å²) in [6.45, 7) is 0.768. The van der Waals surface area contributed by atoms with Crippen LogP contribution >= 0.6 is 11.3 Å². The van der Waals surface area contributed by atoms with E-state index in [-0.39, 0.29) is 6.10 Å². The highest BCUT2D eigenvalue weighted by atomic mass is 32.2. The largest absolute Gasteiger partial charge is 0.477 e. The molecule has 1 aromatic rings. The molecular weight excluding hydrogens is 260 g/mol. The van der Waals surface area contributed by atoms with Crippen molar-refractivity contribution in [1.82, 2.24) is 0 Å². The molecule has 0 aliphatic carbocycles. The van der Waals surface area contributed by atoms with Crippen LogP contribution in [0, 0.1) is 0 Å². The molecule has 0 saturated carbocycles. The molecule has 4 nitrogen and oxygen atoms in total. The second kappa shape index (κ2) is 5.75. The summed E-state index contributed by atoms with van der Waals surface area (Å²) in [6.07, 6.45) is 2.15. The normalized spacial score (nSPS) is 21.5. The molecule has 17 heavy (non-hydrogen) atoms. The van der Waals surface area contributed by atoms with E-state index in [9.17, 15) is 9.00 Å². The molecule has 1 fully saturated rings. The second-order valence-corrected chi connectivity index (χ2v) is 6.63. The lowest BCUT2D eigenvalue weighted by Crippen LogP contribution is -2.16. The van der Waals surface area contributed by atoms with Gasteiger partial charge in [0.25, 0.3) is 0 Å². The van der Waals surface area contributed by atoms with Gasteiger partial charge in [-0.1, -0.05) is 0 Å². The standard InChI is InChI=1S/C11H14O4S2/c12-11(13)10-4-3-9(16-10)7-17(14)6-8-2-1-5-15-8/h3-4,8H,1-2,5-7H2,(H,12,13). The average molecular weight is 274 g/mol. The fourth-order valence-corrected chi connectivity index (χ4v) is 4.25. The van der Waals surface area contributed by atoms with Crippen molar-refractivity contribution in [2.75, 3.05) is 12.4 Å². The Kier molecular flexibility index (Phi) is 4.31. The molecule has 0 aromatic carbocycles. The lowest BCUT2D eigenvalue weighted by Gasteiger charge is -2.07. The van der Waals surface area contributed by atoms with E-state index in [1.807, 2.05) is 0 Å². The topological polar surface area (TPSA) is 63.6 Å². The Hall–Kier alpha value is -0.720. The van der Waals surface area contributed by atoms with Gasteiger partial charge in [0.05, 0.1) is 17.6 Å². The Morgan fingerprint density at radius 1 is 1.59 bits per heavy atom. The monoisotopic (exact) mass is 274 g/mol. The van der Waals surface area contributed by atoms with E-state index < -0.39 is 16.8 Å². The van der Waals surface area contributed by atoms with Crippen LogP contribution in [-0.4, -0.2) is 33.7 Å². The highest BCUT2D eigenvalue weighted by Crippen LogP contribution is 2.20. The minimum Gasteiger partial charge on any atom is -0.477 e. The first-order valence-corrected chi connectivity index (χ1v) is 7.74. The highest BCUT2D eigenvalue weighted by Gasteiger charge is 2.19. The molecule has 2 atom stereocenters. The summed E-state index contributed by atoms with van der Waals surface area (Å²) < 4.78 is 17.3. The first-order chi connectivity index (χ1) is 8.15. The molecule has 94 valence electrons. The Labute approximate surface area is 106 Å². The van der Waals surface area contributed by atoms with Gasteiger partial charge in [-0.15, -0.1) is 11.3 Å².